The van der Waals surface area contributed by atoms with E-state index in [2.05, 4.69) is 18.0 Å². The molecular formula is C23H26CoN2O2. The Labute approximate surface area is 177 Å². The minimum absolute atomic E-state index is 0. The van der Waals surface area contributed by atoms with E-state index in [1.54, 1.807) is 12.1 Å². The number of hydrogen-bond donors (Lipinski definition) is 1. The maximum atomic E-state index is 11.7. The van der Waals surface area contributed by atoms with Gasteiger partial charge in [0.1, 0.15) is 5.75 Å². The van der Waals surface area contributed by atoms with Crippen LogP contribution in [0.3, 0.4) is 0 Å². The minimum Gasteiger partial charge on any atom is -0.426 e. The molecule has 5 heteroatoms. The molecule has 0 atom stereocenters. The molecule has 4 nitrogen and oxygen atoms in total. The Kier molecular flexibility index (Phi) is 11.5. The van der Waals surface area contributed by atoms with Crippen molar-refractivity contribution in [1.82, 2.24) is 4.98 Å². The van der Waals surface area contributed by atoms with Crippen LogP contribution in [0.25, 0.3) is 0 Å². The van der Waals surface area contributed by atoms with Gasteiger partial charge in [0.15, 0.2) is 0 Å². The van der Waals surface area contributed by atoms with E-state index < -0.39 is 0 Å². The SMILES string of the molecule is CCCc1ccccn1.NCc1cccc(CC(=O)Oc2ccccc2)c1.[Co]. The first-order valence-electron chi connectivity index (χ1n) is 9.14. The molecule has 0 aliphatic rings. The van der Waals surface area contributed by atoms with Gasteiger partial charge in [0.25, 0.3) is 0 Å². The van der Waals surface area contributed by atoms with E-state index in [1.165, 1.54) is 12.1 Å². The summed E-state index contributed by atoms with van der Waals surface area (Å²) >= 11 is 0. The summed E-state index contributed by atoms with van der Waals surface area (Å²) in [6.07, 6.45) is 4.37. The molecule has 0 bridgehead atoms. The van der Waals surface area contributed by atoms with Crippen LogP contribution >= 0.6 is 0 Å². The van der Waals surface area contributed by atoms with Crippen molar-refractivity contribution in [3.05, 3.63) is 95.8 Å². The molecule has 0 amide bonds. The van der Waals surface area contributed by atoms with Crippen LogP contribution in [-0.4, -0.2) is 11.0 Å². The van der Waals surface area contributed by atoms with Gasteiger partial charge in [0.2, 0.25) is 0 Å². The number of para-hydroxylation sites is 1. The molecule has 0 spiro atoms. The molecule has 0 saturated carbocycles. The minimum atomic E-state index is -0.268. The number of pyridine rings is 1. The predicted octanol–water partition coefficient (Wildman–Crippen LogP) is 4.33. The fourth-order valence-electron chi connectivity index (χ4n) is 2.49. The third kappa shape index (κ3) is 8.95. The molecule has 0 aliphatic carbocycles. The predicted molar refractivity (Wildman–Crippen MR) is 108 cm³/mol. The average Bonchev–Trinajstić information content (AvgIpc) is 2.70. The van der Waals surface area contributed by atoms with Crippen molar-refractivity contribution in [2.45, 2.75) is 32.7 Å². The second kappa shape index (κ2) is 13.7. The summed E-state index contributed by atoms with van der Waals surface area (Å²) in [5.74, 6) is 0.299. The molecule has 2 N–H and O–H groups in total. The monoisotopic (exact) mass is 421 g/mol. The standard InChI is InChI=1S/C15H15NO2.C8H11N.Co/c16-11-13-6-4-5-12(9-13)10-15(17)18-14-7-2-1-3-8-14;1-2-5-8-6-3-4-7-9-8;/h1-9H,10-11,16H2;3-4,6-7H,2,5H2,1H3;. The quantitative estimate of drug-likeness (QED) is 0.476. The molecule has 28 heavy (non-hydrogen) atoms. The van der Waals surface area contributed by atoms with Crippen LogP contribution < -0.4 is 10.5 Å². The molecule has 1 radical (unpaired) electrons. The Bertz CT molecular complexity index is 811. The van der Waals surface area contributed by atoms with Crippen molar-refractivity contribution in [2.75, 3.05) is 0 Å². The Morgan fingerprint density at radius 2 is 1.68 bits per heavy atom. The van der Waals surface area contributed by atoms with Gasteiger partial charge in [-0.05, 0) is 41.8 Å². The van der Waals surface area contributed by atoms with Crippen LogP contribution in [0.2, 0.25) is 0 Å². The smallest absolute Gasteiger partial charge is 0.315 e. The van der Waals surface area contributed by atoms with Crippen LogP contribution in [0.1, 0.15) is 30.2 Å². The zero-order valence-corrected chi connectivity index (χ0v) is 17.0. The van der Waals surface area contributed by atoms with Gasteiger partial charge in [-0.1, -0.05) is 61.9 Å². The summed E-state index contributed by atoms with van der Waals surface area (Å²) in [6, 6.07) is 22.7. The Morgan fingerprint density at radius 1 is 0.964 bits per heavy atom. The van der Waals surface area contributed by atoms with Gasteiger partial charge in [-0.2, -0.15) is 0 Å². The third-order valence-electron chi connectivity index (χ3n) is 3.78. The zero-order valence-electron chi connectivity index (χ0n) is 16.0. The van der Waals surface area contributed by atoms with Crippen molar-refractivity contribution < 1.29 is 26.3 Å². The number of rotatable bonds is 6. The van der Waals surface area contributed by atoms with E-state index in [9.17, 15) is 4.79 Å². The van der Waals surface area contributed by atoms with E-state index in [-0.39, 0.29) is 29.2 Å². The topological polar surface area (TPSA) is 65.2 Å². The Morgan fingerprint density at radius 3 is 2.32 bits per heavy atom. The number of esters is 1. The van der Waals surface area contributed by atoms with Gasteiger partial charge in [0.05, 0.1) is 6.42 Å². The molecular weight excluding hydrogens is 395 g/mol. The van der Waals surface area contributed by atoms with E-state index in [1.807, 2.05) is 60.8 Å². The Hall–Kier alpha value is -2.47. The fraction of sp³-hybridized carbons (Fsp3) is 0.217. The van der Waals surface area contributed by atoms with Crippen molar-refractivity contribution in [3.63, 3.8) is 0 Å². The van der Waals surface area contributed by atoms with Gasteiger partial charge in [-0.15, -0.1) is 0 Å². The molecule has 1 aromatic heterocycles. The molecule has 0 fully saturated rings. The zero-order chi connectivity index (χ0) is 19.3. The summed E-state index contributed by atoms with van der Waals surface area (Å²) < 4.78 is 5.22. The molecule has 149 valence electrons. The van der Waals surface area contributed by atoms with E-state index in [0.29, 0.717) is 12.3 Å². The number of hydrogen-bond acceptors (Lipinski definition) is 4. The van der Waals surface area contributed by atoms with E-state index >= 15 is 0 Å². The van der Waals surface area contributed by atoms with Crippen molar-refractivity contribution in [3.8, 4) is 5.75 Å². The first kappa shape index (κ1) is 23.6. The molecule has 2 aromatic carbocycles. The summed E-state index contributed by atoms with van der Waals surface area (Å²) in [5.41, 5.74) is 8.68. The summed E-state index contributed by atoms with van der Waals surface area (Å²) in [7, 11) is 0. The fourth-order valence-corrected chi connectivity index (χ4v) is 2.49. The largest absolute Gasteiger partial charge is 0.426 e. The van der Waals surface area contributed by atoms with Crippen LogP contribution in [0.4, 0.5) is 0 Å². The number of aryl methyl sites for hydroxylation is 1. The van der Waals surface area contributed by atoms with Crippen LogP contribution in [0.5, 0.6) is 5.75 Å². The van der Waals surface area contributed by atoms with E-state index in [4.69, 9.17) is 10.5 Å². The molecule has 0 saturated heterocycles. The maximum Gasteiger partial charge on any atom is 0.315 e. The van der Waals surface area contributed by atoms with Gasteiger partial charge in [0, 0.05) is 35.2 Å². The summed E-state index contributed by atoms with van der Waals surface area (Å²) in [6.45, 7) is 2.64. The third-order valence-corrected chi connectivity index (χ3v) is 3.78. The molecule has 3 rings (SSSR count). The molecule has 0 aliphatic heterocycles. The number of benzene rings is 2. The summed E-state index contributed by atoms with van der Waals surface area (Å²) in [4.78, 5) is 15.9. The number of nitrogens with zero attached hydrogens (tertiary/aromatic N) is 1. The van der Waals surface area contributed by atoms with Crippen molar-refractivity contribution in [1.29, 1.82) is 0 Å². The first-order chi connectivity index (χ1) is 13.2. The first-order valence-corrected chi connectivity index (χ1v) is 9.14. The summed E-state index contributed by atoms with van der Waals surface area (Å²) in [5, 5.41) is 0. The van der Waals surface area contributed by atoms with Crippen LogP contribution in [-0.2, 0) is 41.0 Å². The number of carbonyl (C=O) groups excluding carboxylic acids is 1. The molecule has 3 aromatic rings. The van der Waals surface area contributed by atoms with Gasteiger partial charge in [-0.25, -0.2) is 0 Å². The Balaban J connectivity index is 0.000000332. The number of nitrogens with two attached hydrogens (primary N) is 1. The van der Waals surface area contributed by atoms with Crippen molar-refractivity contribution >= 4 is 5.97 Å². The number of ether oxygens (including phenoxy) is 1. The van der Waals surface area contributed by atoms with Gasteiger partial charge < -0.3 is 10.5 Å². The normalized spacial score (nSPS) is 9.50. The van der Waals surface area contributed by atoms with Gasteiger partial charge >= 0.3 is 5.97 Å². The maximum absolute atomic E-state index is 11.7. The van der Waals surface area contributed by atoms with Crippen LogP contribution in [0, 0.1) is 0 Å². The second-order valence-corrected chi connectivity index (χ2v) is 6.06. The molecule has 0 unspecified atom stereocenters. The number of carbonyl (C=O) groups is 1. The number of aromatic nitrogens is 1. The van der Waals surface area contributed by atoms with Crippen molar-refractivity contribution in [2.24, 2.45) is 5.73 Å². The second-order valence-electron chi connectivity index (χ2n) is 6.06. The average molecular weight is 421 g/mol. The molecule has 1 heterocycles. The van der Waals surface area contributed by atoms with E-state index in [0.717, 1.165) is 17.5 Å². The van der Waals surface area contributed by atoms with Crippen LogP contribution in [0.15, 0.2) is 79.0 Å². The van der Waals surface area contributed by atoms with Gasteiger partial charge in [-0.3, -0.25) is 9.78 Å².